The monoisotopic (exact) mass is 370 g/mol. The quantitative estimate of drug-likeness (QED) is 0.835. The number of aromatic amines is 1. The van der Waals surface area contributed by atoms with Crippen LogP contribution in [0.15, 0.2) is 27.5 Å². The molecule has 0 bridgehead atoms. The molecule has 2 aromatic rings. The second-order valence-electron chi connectivity index (χ2n) is 4.82. The predicted octanol–water partition coefficient (Wildman–Crippen LogP) is 1.89. The van der Waals surface area contributed by atoms with Crippen molar-refractivity contribution in [2.24, 2.45) is 7.05 Å². The highest BCUT2D eigenvalue weighted by Crippen LogP contribution is 2.21. The number of carbonyl (C=O) groups excluding carboxylic acids is 1. The zero-order chi connectivity index (χ0) is 15.7. The first-order chi connectivity index (χ1) is 9.81. The van der Waals surface area contributed by atoms with Crippen LogP contribution in [-0.2, 0) is 23.6 Å². The molecule has 1 unspecified atom stereocenters. The van der Waals surface area contributed by atoms with Gasteiger partial charge in [-0.15, -0.1) is 0 Å². The Kier molecular flexibility index (Phi) is 4.63. The van der Waals surface area contributed by atoms with Crippen molar-refractivity contribution in [3.63, 3.8) is 0 Å². The Labute approximate surface area is 132 Å². The number of hydrogen-bond donors (Lipinski definition) is 1. The molecule has 0 aliphatic rings. The molecule has 1 heterocycles. The van der Waals surface area contributed by atoms with Gasteiger partial charge in [-0.05, 0) is 30.7 Å². The van der Waals surface area contributed by atoms with Gasteiger partial charge in [-0.2, -0.15) is 0 Å². The molecule has 0 aliphatic heterocycles. The molecule has 0 saturated carbocycles. The normalized spacial score (nSPS) is 12.4. The van der Waals surface area contributed by atoms with Crippen LogP contribution in [0.4, 0.5) is 0 Å². The minimum atomic E-state index is -1.08. The topological polar surface area (TPSA) is 71.9 Å². The van der Waals surface area contributed by atoms with Crippen molar-refractivity contribution in [3.05, 3.63) is 55.4 Å². The van der Waals surface area contributed by atoms with Gasteiger partial charge < -0.3 is 0 Å². The van der Waals surface area contributed by atoms with E-state index in [1.165, 1.54) is 4.68 Å². The lowest BCUT2D eigenvalue weighted by molar-refractivity contribution is 0.103. The fourth-order valence-electron chi connectivity index (χ4n) is 2.21. The number of nitrogens with one attached hydrogen (secondary N) is 1. The number of aryl methyl sites for hydroxylation is 2. The number of aromatic nitrogens is 2. The largest absolute Gasteiger partial charge is 0.299 e. The van der Waals surface area contributed by atoms with Gasteiger partial charge in [0.2, 0.25) is 5.78 Å². The fraction of sp³-hybridized carbons (Fsp3) is 0.286. The molecule has 5 nitrogen and oxygen atoms in total. The zero-order valence-corrected chi connectivity index (χ0v) is 14.3. The second-order valence-corrected chi connectivity index (χ2v) is 7.17. The van der Waals surface area contributed by atoms with Crippen molar-refractivity contribution in [2.75, 3.05) is 6.26 Å². The van der Waals surface area contributed by atoms with Crippen molar-refractivity contribution >= 4 is 32.5 Å². The molecule has 7 heteroatoms. The maximum atomic E-state index is 12.7. The summed E-state index contributed by atoms with van der Waals surface area (Å²) in [4.78, 5) is 24.7. The fourth-order valence-corrected chi connectivity index (χ4v) is 3.30. The molecule has 1 atom stereocenters. The molecule has 0 fully saturated rings. The minimum Gasteiger partial charge on any atom is -0.299 e. The number of rotatable bonds is 4. The van der Waals surface area contributed by atoms with E-state index >= 15 is 0 Å². The molecule has 0 saturated heterocycles. The molecule has 0 spiro atoms. The van der Waals surface area contributed by atoms with E-state index < -0.39 is 10.8 Å². The Hall–Kier alpha value is -1.47. The minimum absolute atomic E-state index is 0.128. The summed E-state index contributed by atoms with van der Waals surface area (Å²) >= 11 is 3.34. The Bertz CT molecular complexity index is 792. The van der Waals surface area contributed by atoms with Gasteiger partial charge >= 0.3 is 0 Å². The van der Waals surface area contributed by atoms with Crippen molar-refractivity contribution in [1.82, 2.24) is 9.78 Å². The van der Waals surface area contributed by atoms with Crippen LogP contribution >= 0.6 is 15.9 Å². The van der Waals surface area contributed by atoms with Crippen molar-refractivity contribution in [2.45, 2.75) is 12.7 Å². The van der Waals surface area contributed by atoms with Crippen LogP contribution in [0, 0.1) is 6.92 Å². The van der Waals surface area contributed by atoms with Crippen molar-refractivity contribution in [3.8, 4) is 0 Å². The number of nitrogens with zero attached hydrogens (tertiary/aromatic N) is 1. The van der Waals surface area contributed by atoms with E-state index in [4.69, 9.17) is 0 Å². The van der Waals surface area contributed by atoms with Crippen LogP contribution in [0.2, 0.25) is 0 Å². The lowest BCUT2D eigenvalue weighted by atomic mass is 9.99. The average Bonchev–Trinajstić information content (AvgIpc) is 2.62. The number of benzene rings is 1. The van der Waals surface area contributed by atoms with Gasteiger partial charge in [0.15, 0.2) is 0 Å². The van der Waals surface area contributed by atoms with E-state index in [0.717, 1.165) is 4.47 Å². The summed E-state index contributed by atoms with van der Waals surface area (Å²) in [7, 11) is 0.487. The molecule has 21 heavy (non-hydrogen) atoms. The summed E-state index contributed by atoms with van der Waals surface area (Å²) in [6.45, 7) is 1.69. The maximum Gasteiger partial charge on any atom is 0.277 e. The summed E-state index contributed by atoms with van der Waals surface area (Å²) in [6, 6.07) is 5.16. The second kappa shape index (κ2) is 6.11. The van der Waals surface area contributed by atoms with Gasteiger partial charge in [0.25, 0.3) is 5.56 Å². The van der Waals surface area contributed by atoms with E-state index in [9.17, 15) is 13.8 Å². The third-order valence-electron chi connectivity index (χ3n) is 3.13. The van der Waals surface area contributed by atoms with Gasteiger partial charge in [0, 0.05) is 45.6 Å². The van der Waals surface area contributed by atoms with Crippen LogP contribution < -0.4 is 5.56 Å². The van der Waals surface area contributed by atoms with Gasteiger partial charge in [0.1, 0.15) is 5.56 Å². The van der Waals surface area contributed by atoms with Crippen LogP contribution in [0.5, 0.6) is 0 Å². The average molecular weight is 371 g/mol. The Balaban J connectivity index is 2.58. The Morgan fingerprint density at radius 1 is 1.43 bits per heavy atom. The summed E-state index contributed by atoms with van der Waals surface area (Å²) in [5.41, 5.74) is 1.37. The van der Waals surface area contributed by atoms with Crippen LogP contribution in [0.3, 0.4) is 0 Å². The first-order valence-electron chi connectivity index (χ1n) is 6.20. The molecule has 0 aliphatic carbocycles. The maximum absolute atomic E-state index is 12.7. The van der Waals surface area contributed by atoms with E-state index in [1.807, 2.05) is 0 Å². The van der Waals surface area contributed by atoms with Crippen LogP contribution in [-0.4, -0.2) is 26.0 Å². The third kappa shape index (κ3) is 3.24. The summed E-state index contributed by atoms with van der Waals surface area (Å²) in [5.74, 6) is -0.0769. The number of carbonyl (C=O) groups is 1. The smallest absolute Gasteiger partial charge is 0.277 e. The summed E-state index contributed by atoms with van der Waals surface area (Å²) < 4.78 is 13.6. The Morgan fingerprint density at radius 2 is 2.10 bits per heavy atom. The molecule has 0 amide bonds. The van der Waals surface area contributed by atoms with E-state index in [2.05, 4.69) is 21.0 Å². The van der Waals surface area contributed by atoms with Crippen LogP contribution in [0.25, 0.3) is 0 Å². The van der Waals surface area contributed by atoms with Crippen LogP contribution in [0.1, 0.15) is 27.2 Å². The summed E-state index contributed by atoms with van der Waals surface area (Å²) in [5, 5.41) is 2.81. The number of ketones is 1. The van der Waals surface area contributed by atoms with E-state index in [1.54, 1.807) is 38.4 Å². The highest BCUT2D eigenvalue weighted by atomic mass is 79.9. The predicted molar refractivity (Wildman–Crippen MR) is 86.1 cm³/mol. The third-order valence-corrected chi connectivity index (χ3v) is 4.34. The SMILES string of the molecule is Cc1[nH]n(C)c(=O)c1C(=O)c1ccc(Br)cc1CS(C)=O. The molecule has 0 radical (unpaired) electrons. The molecule has 1 N–H and O–H groups in total. The zero-order valence-electron chi connectivity index (χ0n) is 11.9. The van der Waals surface area contributed by atoms with Crippen molar-refractivity contribution < 1.29 is 9.00 Å². The molecule has 1 aromatic heterocycles. The van der Waals surface area contributed by atoms with Crippen molar-refractivity contribution in [1.29, 1.82) is 0 Å². The van der Waals surface area contributed by atoms with Gasteiger partial charge in [-0.1, -0.05) is 15.9 Å². The van der Waals surface area contributed by atoms with E-state index in [-0.39, 0.29) is 22.7 Å². The lowest BCUT2D eigenvalue weighted by Gasteiger charge is -2.07. The lowest BCUT2D eigenvalue weighted by Crippen LogP contribution is -2.20. The number of halogens is 1. The standard InChI is InChI=1S/C14H15BrN2O3S/c1-8-12(14(19)17(2)16-8)13(18)11-5-4-10(15)6-9(11)7-21(3)20/h4-6,16H,7H2,1-3H3. The van der Waals surface area contributed by atoms with Gasteiger partial charge in [-0.3, -0.25) is 23.6 Å². The summed E-state index contributed by atoms with van der Waals surface area (Å²) in [6.07, 6.45) is 1.58. The highest BCUT2D eigenvalue weighted by Gasteiger charge is 2.22. The first kappa shape index (κ1) is 15.9. The number of H-pyrrole nitrogens is 1. The van der Waals surface area contributed by atoms with Gasteiger partial charge in [0.05, 0.1) is 0 Å². The molecule has 112 valence electrons. The molecule has 2 rings (SSSR count). The molecule has 1 aromatic carbocycles. The molecular formula is C14H15BrN2O3S. The molecular weight excluding hydrogens is 356 g/mol. The number of hydrogen-bond acceptors (Lipinski definition) is 3. The Morgan fingerprint density at radius 3 is 2.62 bits per heavy atom. The highest BCUT2D eigenvalue weighted by molar-refractivity contribution is 9.10. The first-order valence-corrected chi connectivity index (χ1v) is 8.72. The van der Waals surface area contributed by atoms with E-state index in [0.29, 0.717) is 16.8 Å². The van der Waals surface area contributed by atoms with Gasteiger partial charge in [-0.25, -0.2) is 0 Å².